The van der Waals surface area contributed by atoms with Crippen LogP contribution >= 0.6 is 11.3 Å². The molecular formula is C27H22N4O3S. The quantitative estimate of drug-likeness (QED) is 0.222. The number of fused-ring (bicyclic) bond motifs is 3. The molecule has 174 valence electrons. The number of benzene rings is 3. The zero-order valence-electron chi connectivity index (χ0n) is 18.8. The van der Waals surface area contributed by atoms with Crippen molar-refractivity contribution in [2.75, 3.05) is 18.0 Å². The number of rotatable bonds is 4. The Labute approximate surface area is 205 Å². The third kappa shape index (κ3) is 3.85. The van der Waals surface area contributed by atoms with Crippen molar-refractivity contribution in [2.24, 2.45) is 11.7 Å². The van der Waals surface area contributed by atoms with Crippen molar-refractivity contribution >= 4 is 61.1 Å². The summed E-state index contributed by atoms with van der Waals surface area (Å²) in [7, 11) is 0. The molecule has 0 spiro atoms. The molecule has 0 aliphatic carbocycles. The number of carbonyl (C=O) groups is 2. The van der Waals surface area contributed by atoms with Crippen LogP contribution in [0.4, 0.5) is 5.69 Å². The summed E-state index contributed by atoms with van der Waals surface area (Å²) in [5.74, 6) is -1.18. The summed E-state index contributed by atoms with van der Waals surface area (Å²) < 4.78 is 7.00. The normalized spacial score (nSPS) is 14.6. The predicted molar refractivity (Wildman–Crippen MR) is 138 cm³/mol. The van der Waals surface area contributed by atoms with Gasteiger partial charge >= 0.3 is 5.97 Å². The van der Waals surface area contributed by atoms with Crippen LogP contribution < -0.4 is 15.4 Å². The molecule has 6 rings (SSSR count). The topological polar surface area (TPSA) is 98.4 Å². The molecule has 0 radical (unpaired) electrons. The molecule has 0 atom stereocenters. The van der Waals surface area contributed by atoms with Gasteiger partial charge in [-0.1, -0.05) is 30.3 Å². The molecule has 1 fully saturated rings. The number of thiophene rings is 1. The number of carbonyl (C=O) groups excluding carboxylic acids is 2. The monoisotopic (exact) mass is 482 g/mol. The molecule has 1 amide bonds. The van der Waals surface area contributed by atoms with Crippen molar-refractivity contribution in [1.82, 2.24) is 9.97 Å². The Morgan fingerprint density at radius 3 is 2.40 bits per heavy atom. The van der Waals surface area contributed by atoms with E-state index < -0.39 is 5.91 Å². The van der Waals surface area contributed by atoms with Crippen LogP contribution in [-0.4, -0.2) is 34.9 Å². The van der Waals surface area contributed by atoms with Gasteiger partial charge in [0.25, 0.3) is 5.91 Å². The first-order valence-electron chi connectivity index (χ1n) is 11.5. The van der Waals surface area contributed by atoms with E-state index in [4.69, 9.17) is 10.5 Å². The molecule has 8 heteroatoms. The van der Waals surface area contributed by atoms with Crippen molar-refractivity contribution in [1.29, 1.82) is 0 Å². The Hall–Kier alpha value is -4.04. The maximum atomic E-state index is 13.1. The molecule has 1 aliphatic heterocycles. The Balaban J connectivity index is 1.23. The highest BCUT2D eigenvalue weighted by atomic mass is 32.1. The van der Waals surface area contributed by atoms with Gasteiger partial charge in [0.15, 0.2) is 0 Å². The van der Waals surface area contributed by atoms with Gasteiger partial charge in [0.1, 0.15) is 16.8 Å². The average Bonchev–Trinajstić information content (AvgIpc) is 3.31. The van der Waals surface area contributed by atoms with Gasteiger partial charge in [-0.3, -0.25) is 9.59 Å². The molecule has 5 aromatic rings. The number of amides is 1. The number of aromatic nitrogens is 2. The van der Waals surface area contributed by atoms with Gasteiger partial charge in [-0.15, -0.1) is 11.3 Å². The number of anilines is 1. The highest BCUT2D eigenvalue weighted by Gasteiger charge is 2.29. The fourth-order valence-electron chi connectivity index (χ4n) is 4.75. The van der Waals surface area contributed by atoms with E-state index in [1.165, 1.54) is 15.8 Å². The van der Waals surface area contributed by atoms with Crippen LogP contribution in [0.25, 0.3) is 32.2 Å². The number of esters is 1. The van der Waals surface area contributed by atoms with Crippen molar-refractivity contribution in [3.8, 4) is 5.75 Å². The molecule has 3 heterocycles. The summed E-state index contributed by atoms with van der Waals surface area (Å²) in [5.41, 5.74) is 9.20. The number of hydrogen-bond acceptors (Lipinski definition) is 7. The van der Waals surface area contributed by atoms with E-state index in [0.29, 0.717) is 34.9 Å². The molecule has 7 nitrogen and oxygen atoms in total. The maximum Gasteiger partial charge on any atom is 0.314 e. The van der Waals surface area contributed by atoms with Gasteiger partial charge in [0, 0.05) is 28.6 Å². The smallest absolute Gasteiger partial charge is 0.314 e. The number of primary amides is 1. The highest BCUT2D eigenvalue weighted by Crippen LogP contribution is 2.35. The first kappa shape index (κ1) is 21.5. The lowest BCUT2D eigenvalue weighted by Gasteiger charge is -2.32. The van der Waals surface area contributed by atoms with Crippen LogP contribution in [0.5, 0.6) is 5.75 Å². The third-order valence-corrected chi connectivity index (χ3v) is 7.51. The first-order chi connectivity index (χ1) is 17.1. The molecule has 2 N–H and O–H groups in total. The second-order valence-electron chi connectivity index (χ2n) is 8.68. The standard InChI is InChI=1S/C27H22N4O3S/c28-26(32)24-22(10-9-20-25(24)30-19-7-3-2-6-18(19)29-20)34-27(33)16-11-13-31(14-12-16)21-15-35-23-8-4-1-5-17(21)23/h1-10,15-16H,11-14H2,(H2,28,32). The number of ether oxygens (including phenoxy) is 1. The van der Waals surface area contributed by atoms with E-state index in [1.54, 1.807) is 23.5 Å². The minimum Gasteiger partial charge on any atom is -0.425 e. The molecule has 35 heavy (non-hydrogen) atoms. The summed E-state index contributed by atoms with van der Waals surface area (Å²) in [6.07, 6.45) is 1.35. The number of nitrogens with two attached hydrogens (primary N) is 1. The Kier molecular flexibility index (Phi) is 5.30. The van der Waals surface area contributed by atoms with Crippen LogP contribution in [0.3, 0.4) is 0 Å². The second-order valence-corrected chi connectivity index (χ2v) is 9.59. The van der Waals surface area contributed by atoms with E-state index in [-0.39, 0.29) is 23.2 Å². The van der Waals surface area contributed by atoms with Crippen molar-refractivity contribution in [3.05, 3.63) is 71.6 Å². The Bertz CT molecular complexity index is 1600. The molecule has 1 saturated heterocycles. The first-order valence-corrected chi connectivity index (χ1v) is 12.4. The van der Waals surface area contributed by atoms with Crippen LogP contribution in [0, 0.1) is 5.92 Å². The van der Waals surface area contributed by atoms with Gasteiger partial charge in [-0.2, -0.15) is 0 Å². The molecule has 2 aromatic heterocycles. The van der Waals surface area contributed by atoms with E-state index in [9.17, 15) is 9.59 Å². The zero-order chi connectivity index (χ0) is 23.9. The van der Waals surface area contributed by atoms with Gasteiger partial charge in [-0.05, 0) is 43.2 Å². The van der Waals surface area contributed by atoms with Crippen LogP contribution in [0.1, 0.15) is 23.2 Å². The van der Waals surface area contributed by atoms with E-state index in [1.807, 2.05) is 30.3 Å². The molecule has 0 unspecified atom stereocenters. The lowest BCUT2D eigenvalue weighted by Crippen LogP contribution is -2.37. The second kappa shape index (κ2) is 8.63. The summed E-state index contributed by atoms with van der Waals surface area (Å²) in [6.45, 7) is 1.52. The van der Waals surface area contributed by atoms with Gasteiger partial charge in [0.05, 0.1) is 28.2 Å². The van der Waals surface area contributed by atoms with Crippen molar-refractivity contribution in [2.45, 2.75) is 12.8 Å². The van der Waals surface area contributed by atoms with E-state index >= 15 is 0 Å². The highest BCUT2D eigenvalue weighted by molar-refractivity contribution is 7.17. The van der Waals surface area contributed by atoms with Gasteiger partial charge in [0.2, 0.25) is 0 Å². The van der Waals surface area contributed by atoms with E-state index in [2.05, 4.69) is 38.4 Å². The zero-order valence-corrected chi connectivity index (χ0v) is 19.6. The minimum absolute atomic E-state index is 0.0799. The van der Waals surface area contributed by atoms with Gasteiger partial charge in [-0.25, -0.2) is 9.97 Å². The van der Waals surface area contributed by atoms with Crippen LogP contribution in [0.2, 0.25) is 0 Å². The molecule has 3 aromatic carbocycles. The molecule has 1 aliphatic rings. The van der Waals surface area contributed by atoms with Crippen molar-refractivity contribution in [3.63, 3.8) is 0 Å². The number of piperidine rings is 1. The van der Waals surface area contributed by atoms with Crippen LogP contribution in [0.15, 0.2) is 66.0 Å². The summed E-state index contributed by atoms with van der Waals surface area (Å²) >= 11 is 1.73. The number of hydrogen-bond donors (Lipinski definition) is 1. The van der Waals surface area contributed by atoms with Crippen molar-refractivity contribution < 1.29 is 14.3 Å². The summed E-state index contributed by atoms with van der Waals surface area (Å²) in [4.78, 5) is 36.9. The molecular weight excluding hydrogens is 460 g/mol. The maximum absolute atomic E-state index is 13.1. The fraction of sp³-hybridized carbons (Fsp3) is 0.185. The number of nitrogens with zero attached hydrogens (tertiary/aromatic N) is 3. The fourth-order valence-corrected chi connectivity index (χ4v) is 5.72. The minimum atomic E-state index is -0.706. The number of para-hydroxylation sites is 2. The van der Waals surface area contributed by atoms with Gasteiger partial charge < -0.3 is 15.4 Å². The Morgan fingerprint density at radius 1 is 0.914 bits per heavy atom. The summed E-state index contributed by atoms with van der Waals surface area (Å²) in [6, 6.07) is 19.0. The third-order valence-electron chi connectivity index (χ3n) is 6.56. The Morgan fingerprint density at radius 2 is 1.63 bits per heavy atom. The van der Waals surface area contributed by atoms with E-state index in [0.717, 1.165) is 13.1 Å². The lowest BCUT2D eigenvalue weighted by atomic mass is 9.96. The predicted octanol–water partition coefficient (Wildman–Crippen LogP) is 4.92. The SMILES string of the molecule is NC(=O)c1c(OC(=O)C2CCN(c3csc4ccccc34)CC2)ccc2nc3ccccc3nc12. The molecule has 0 bridgehead atoms. The molecule has 0 saturated carbocycles. The largest absolute Gasteiger partial charge is 0.425 e. The summed E-state index contributed by atoms with van der Waals surface area (Å²) in [5, 5.41) is 3.43. The average molecular weight is 483 g/mol. The van der Waals surface area contributed by atoms with Crippen LogP contribution in [-0.2, 0) is 4.79 Å². The lowest BCUT2D eigenvalue weighted by molar-refractivity contribution is -0.139.